The van der Waals surface area contributed by atoms with Crippen molar-refractivity contribution in [1.82, 2.24) is 4.90 Å². The molecule has 1 aliphatic rings. The smallest absolute Gasteiger partial charge is 0.191 e. The molecular weight excluding hydrogens is 445 g/mol. The number of nitrogens with two attached hydrogens (primary N) is 1. The minimum atomic E-state index is -3.33. The summed E-state index contributed by atoms with van der Waals surface area (Å²) in [6, 6.07) is 8.21. The molecule has 0 amide bonds. The molecule has 5 nitrogen and oxygen atoms in total. The van der Waals surface area contributed by atoms with E-state index in [0.29, 0.717) is 17.3 Å². The summed E-state index contributed by atoms with van der Waals surface area (Å²) < 4.78 is 24.9. The van der Waals surface area contributed by atoms with Crippen LogP contribution in [0.25, 0.3) is 0 Å². The van der Waals surface area contributed by atoms with E-state index in [2.05, 4.69) is 4.99 Å². The van der Waals surface area contributed by atoms with Crippen molar-refractivity contribution in [3.63, 3.8) is 0 Å². The van der Waals surface area contributed by atoms with Gasteiger partial charge in [0, 0.05) is 24.6 Å². The Hall–Kier alpha value is -0.480. The van der Waals surface area contributed by atoms with Gasteiger partial charge < -0.3 is 10.6 Å². The highest BCUT2D eigenvalue weighted by Crippen LogP contribution is 2.15. The van der Waals surface area contributed by atoms with Crippen LogP contribution in [-0.2, 0) is 9.84 Å². The fourth-order valence-electron chi connectivity index (χ4n) is 2.28. The second-order valence-electron chi connectivity index (χ2n) is 5.24. The van der Waals surface area contributed by atoms with Crippen LogP contribution >= 0.6 is 35.7 Å². The second kappa shape index (κ2) is 9.73. The Bertz CT molecular complexity index is 602. The van der Waals surface area contributed by atoms with Crippen LogP contribution in [0.2, 0.25) is 0 Å². The second-order valence-corrected chi connectivity index (χ2v) is 8.50. The van der Waals surface area contributed by atoms with Crippen LogP contribution in [0.3, 0.4) is 0 Å². The topological polar surface area (TPSA) is 75.8 Å². The van der Waals surface area contributed by atoms with Crippen LogP contribution in [0.5, 0.6) is 0 Å². The van der Waals surface area contributed by atoms with Crippen molar-refractivity contribution in [2.45, 2.75) is 24.3 Å². The highest BCUT2D eigenvalue weighted by molar-refractivity contribution is 14.0. The Morgan fingerprint density at radius 3 is 2.48 bits per heavy atom. The maximum absolute atomic E-state index is 12.4. The number of thioether (sulfide) groups is 1. The van der Waals surface area contributed by atoms with Gasteiger partial charge >= 0.3 is 0 Å². The van der Waals surface area contributed by atoms with E-state index in [4.69, 9.17) is 5.73 Å². The van der Waals surface area contributed by atoms with E-state index >= 15 is 0 Å². The molecule has 0 spiro atoms. The average molecular weight is 469 g/mol. The van der Waals surface area contributed by atoms with Gasteiger partial charge in [-0.25, -0.2) is 13.4 Å². The first-order valence-corrected chi connectivity index (χ1v) is 10.3. The molecule has 1 atom stereocenters. The maximum Gasteiger partial charge on any atom is 0.191 e. The molecule has 130 valence electrons. The number of rotatable bonds is 5. The lowest BCUT2D eigenvalue weighted by Crippen LogP contribution is -2.43. The lowest BCUT2D eigenvalue weighted by atomic mass is 10.3. The van der Waals surface area contributed by atoms with Crippen LogP contribution < -0.4 is 5.73 Å². The normalized spacial score (nSPS) is 17.4. The van der Waals surface area contributed by atoms with E-state index in [-0.39, 0.29) is 35.8 Å². The standard InChI is InChI=1S/C15H23N3O2S2.HI/c1-2-13(17-15(16)18-8-10-21-11-9-18)12-22(19,20)14-6-4-3-5-7-14;/h3-7,13H,2,8-12H2,1H3,(H2,16,17);1H. The monoisotopic (exact) mass is 469 g/mol. The number of aliphatic imine (C=N–C) groups is 1. The Kier molecular flexibility index (Phi) is 8.70. The average Bonchev–Trinajstić information content (AvgIpc) is 2.55. The Balaban J connectivity index is 0.00000264. The predicted molar refractivity (Wildman–Crippen MR) is 109 cm³/mol. The van der Waals surface area contributed by atoms with E-state index in [1.54, 1.807) is 30.3 Å². The summed E-state index contributed by atoms with van der Waals surface area (Å²) in [6.45, 7) is 3.69. The number of hydrogen-bond acceptors (Lipinski definition) is 4. The van der Waals surface area contributed by atoms with Crippen molar-refractivity contribution in [2.24, 2.45) is 10.7 Å². The Morgan fingerprint density at radius 1 is 1.30 bits per heavy atom. The first-order valence-electron chi connectivity index (χ1n) is 7.46. The number of hydrogen-bond donors (Lipinski definition) is 1. The third kappa shape index (κ3) is 6.15. The lowest BCUT2D eigenvalue weighted by Gasteiger charge is -2.28. The third-order valence-corrected chi connectivity index (χ3v) is 6.39. The van der Waals surface area contributed by atoms with Crippen molar-refractivity contribution in [1.29, 1.82) is 0 Å². The van der Waals surface area contributed by atoms with Gasteiger partial charge in [0.2, 0.25) is 0 Å². The molecule has 1 heterocycles. The molecule has 1 saturated heterocycles. The molecule has 0 radical (unpaired) electrons. The van der Waals surface area contributed by atoms with Crippen LogP contribution in [0, 0.1) is 0 Å². The van der Waals surface area contributed by atoms with Gasteiger partial charge in [-0.1, -0.05) is 25.1 Å². The molecule has 1 aliphatic heterocycles. The van der Waals surface area contributed by atoms with Gasteiger partial charge in [-0.15, -0.1) is 24.0 Å². The number of guanidine groups is 1. The molecule has 2 N–H and O–H groups in total. The number of halogens is 1. The van der Waals surface area contributed by atoms with Gasteiger partial charge in [-0.05, 0) is 18.6 Å². The molecule has 1 fully saturated rings. The first kappa shape index (κ1) is 20.6. The largest absolute Gasteiger partial charge is 0.370 e. The summed E-state index contributed by atoms with van der Waals surface area (Å²) in [7, 11) is -3.33. The van der Waals surface area contributed by atoms with Crippen LogP contribution in [0.15, 0.2) is 40.2 Å². The third-order valence-electron chi connectivity index (χ3n) is 3.64. The molecule has 1 unspecified atom stereocenters. The molecule has 1 aromatic carbocycles. The number of nitrogens with zero attached hydrogens (tertiary/aromatic N) is 2. The lowest BCUT2D eigenvalue weighted by molar-refractivity contribution is 0.452. The Labute approximate surface area is 160 Å². The van der Waals surface area contributed by atoms with Crippen molar-refractivity contribution >= 4 is 51.5 Å². The summed E-state index contributed by atoms with van der Waals surface area (Å²) in [4.78, 5) is 6.84. The molecule has 2 rings (SSSR count). The summed E-state index contributed by atoms with van der Waals surface area (Å²) in [5.41, 5.74) is 6.05. The minimum Gasteiger partial charge on any atom is -0.370 e. The maximum atomic E-state index is 12.4. The summed E-state index contributed by atoms with van der Waals surface area (Å²) in [5.74, 6) is 2.54. The fourth-order valence-corrected chi connectivity index (χ4v) is 4.77. The van der Waals surface area contributed by atoms with Crippen molar-refractivity contribution in [3.8, 4) is 0 Å². The molecule has 8 heteroatoms. The zero-order chi connectivity index (χ0) is 16.0. The van der Waals surface area contributed by atoms with Gasteiger partial charge in [0.1, 0.15) is 0 Å². The molecule has 0 saturated carbocycles. The van der Waals surface area contributed by atoms with Crippen molar-refractivity contribution in [3.05, 3.63) is 30.3 Å². The van der Waals surface area contributed by atoms with Crippen molar-refractivity contribution in [2.75, 3.05) is 30.3 Å². The van der Waals surface area contributed by atoms with E-state index in [0.717, 1.165) is 24.6 Å². The van der Waals surface area contributed by atoms with E-state index in [1.807, 2.05) is 23.6 Å². The molecule has 0 aromatic heterocycles. The number of sulfone groups is 1. The number of benzene rings is 1. The van der Waals surface area contributed by atoms with Gasteiger partial charge in [0.25, 0.3) is 0 Å². The van der Waals surface area contributed by atoms with Gasteiger partial charge in [0.05, 0.1) is 16.7 Å². The van der Waals surface area contributed by atoms with E-state index in [1.165, 1.54) is 0 Å². The van der Waals surface area contributed by atoms with Gasteiger partial charge in [-0.2, -0.15) is 11.8 Å². The highest BCUT2D eigenvalue weighted by Gasteiger charge is 2.21. The van der Waals surface area contributed by atoms with Crippen LogP contribution in [-0.4, -0.2) is 55.7 Å². The minimum absolute atomic E-state index is 0. The van der Waals surface area contributed by atoms with E-state index in [9.17, 15) is 8.42 Å². The molecular formula is C15H24IN3O2S2. The summed E-state index contributed by atoms with van der Waals surface area (Å²) in [6.07, 6.45) is 0.648. The van der Waals surface area contributed by atoms with E-state index < -0.39 is 9.84 Å². The molecule has 1 aromatic rings. The quantitative estimate of drug-likeness (QED) is 0.407. The zero-order valence-electron chi connectivity index (χ0n) is 13.2. The SMILES string of the molecule is CCC(CS(=O)(=O)c1ccccc1)N=C(N)N1CCSCC1.I. The zero-order valence-corrected chi connectivity index (χ0v) is 17.2. The molecule has 0 bridgehead atoms. The fraction of sp³-hybridized carbons (Fsp3) is 0.533. The van der Waals surface area contributed by atoms with Crippen molar-refractivity contribution < 1.29 is 8.42 Å². The summed E-state index contributed by atoms with van der Waals surface area (Å²) in [5, 5.41) is 0. The Morgan fingerprint density at radius 2 is 1.91 bits per heavy atom. The predicted octanol–water partition coefficient (Wildman–Crippen LogP) is 2.22. The van der Waals surface area contributed by atoms with Crippen LogP contribution in [0.1, 0.15) is 13.3 Å². The molecule has 0 aliphatic carbocycles. The highest BCUT2D eigenvalue weighted by atomic mass is 127. The van der Waals surface area contributed by atoms with Crippen LogP contribution in [0.4, 0.5) is 0 Å². The molecule has 23 heavy (non-hydrogen) atoms. The summed E-state index contributed by atoms with van der Waals surface area (Å²) >= 11 is 1.90. The first-order chi connectivity index (χ1) is 10.5. The van der Waals surface area contributed by atoms with Gasteiger partial charge in [-0.3, -0.25) is 0 Å². The van der Waals surface area contributed by atoms with Gasteiger partial charge in [0.15, 0.2) is 15.8 Å².